The summed E-state index contributed by atoms with van der Waals surface area (Å²) in [6.45, 7) is 0. The molecule has 1 heterocycles. The number of hydrogen-bond acceptors (Lipinski definition) is 0. The van der Waals surface area contributed by atoms with Crippen molar-refractivity contribution in [2.45, 2.75) is 0 Å². The third-order valence-electron chi connectivity index (χ3n) is 3.42. The van der Waals surface area contributed by atoms with E-state index in [9.17, 15) is 0 Å². The van der Waals surface area contributed by atoms with Crippen molar-refractivity contribution in [3.63, 3.8) is 0 Å². The number of pyridine rings is 1. The van der Waals surface area contributed by atoms with Crippen LogP contribution in [-0.4, -0.2) is 4.98 Å². The van der Waals surface area contributed by atoms with Crippen LogP contribution in [0.4, 0.5) is 0 Å². The predicted molar refractivity (Wildman–Crippen MR) is 73.3 cm³/mol. The zero-order valence-electron chi connectivity index (χ0n) is 9.27. The molecule has 3 aromatic carbocycles. The summed E-state index contributed by atoms with van der Waals surface area (Å²) >= 11 is 0. The Bertz CT molecular complexity index is 834. The van der Waals surface area contributed by atoms with Crippen molar-refractivity contribution in [3.8, 4) is 0 Å². The molecule has 0 aliphatic heterocycles. The summed E-state index contributed by atoms with van der Waals surface area (Å²) in [7, 11) is 0. The molecular weight excluding hydrogens is 206 g/mol. The van der Waals surface area contributed by atoms with E-state index in [0.717, 1.165) is 0 Å². The minimum Gasteiger partial charge on any atom is -0.361 e. The van der Waals surface area contributed by atoms with Gasteiger partial charge in [-0.15, -0.1) is 0 Å². The molecule has 0 radical (unpaired) electrons. The molecule has 0 saturated heterocycles. The summed E-state index contributed by atoms with van der Waals surface area (Å²) in [5.41, 5.74) is 1.19. The molecule has 0 unspecified atom stereocenters. The second kappa shape index (κ2) is 3.11. The highest BCUT2D eigenvalue weighted by Gasteiger charge is 2.06. The summed E-state index contributed by atoms with van der Waals surface area (Å²) in [6.07, 6.45) is 1.97. The van der Waals surface area contributed by atoms with Gasteiger partial charge in [0, 0.05) is 17.1 Å². The van der Waals surface area contributed by atoms with Gasteiger partial charge < -0.3 is 4.98 Å². The molecule has 1 heteroatoms. The number of hydrogen-bond donors (Lipinski definition) is 1. The summed E-state index contributed by atoms with van der Waals surface area (Å²) in [5, 5.41) is 6.63. The van der Waals surface area contributed by atoms with E-state index >= 15 is 0 Å². The van der Waals surface area contributed by atoms with Crippen LogP contribution in [0.2, 0.25) is 0 Å². The van der Waals surface area contributed by atoms with E-state index in [0.29, 0.717) is 0 Å². The van der Waals surface area contributed by atoms with Gasteiger partial charge in [0.05, 0.1) is 0 Å². The average Bonchev–Trinajstić information content (AvgIpc) is 2.77. The molecule has 17 heavy (non-hydrogen) atoms. The SMILES string of the molecule is c1ccc2c(c1)cc1ccc3[nH]cccc3c12. The van der Waals surface area contributed by atoms with Crippen molar-refractivity contribution in [2.24, 2.45) is 0 Å². The second-order valence-corrected chi connectivity index (χ2v) is 4.39. The molecule has 0 atom stereocenters. The number of H-pyrrole nitrogens is 1. The first-order valence-corrected chi connectivity index (χ1v) is 5.81. The smallest absolute Gasteiger partial charge is 0.0460 e. The second-order valence-electron chi connectivity index (χ2n) is 4.39. The lowest BCUT2D eigenvalue weighted by atomic mass is 10.1. The van der Waals surface area contributed by atoms with Gasteiger partial charge in [-0.1, -0.05) is 36.4 Å². The van der Waals surface area contributed by atoms with Crippen LogP contribution in [0.15, 0.2) is 60.8 Å². The van der Waals surface area contributed by atoms with Gasteiger partial charge in [0.2, 0.25) is 0 Å². The number of rotatable bonds is 0. The number of fused-ring (bicyclic) bond motifs is 5. The van der Waals surface area contributed by atoms with Gasteiger partial charge in [0.1, 0.15) is 0 Å². The average molecular weight is 217 g/mol. The van der Waals surface area contributed by atoms with Gasteiger partial charge in [0.25, 0.3) is 0 Å². The van der Waals surface area contributed by atoms with Gasteiger partial charge in [0.15, 0.2) is 0 Å². The third-order valence-corrected chi connectivity index (χ3v) is 3.42. The van der Waals surface area contributed by atoms with Crippen LogP contribution in [0.3, 0.4) is 0 Å². The van der Waals surface area contributed by atoms with Crippen LogP contribution in [0.5, 0.6) is 0 Å². The molecule has 4 rings (SSSR count). The lowest BCUT2D eigenvalue weighted by molar-refractivity contribution is 1.42. The molecule has 0 amide bonds. The van der Waals surface area contributed by atoms with Crippen molar-refractivity contribution < 1.29 is 0 Å². The zero-order valence-corrected chi connectivity index (χ0v) is 9.27. The van der Waals surface area contributed by atoms with Gasteiger partial charge in [-0.05, 0) is 39.7 Å². The molecule has 0 fully saturated rings. The Balaban J connectivity index is 2.38. The lowest BCUT2D eigenvalue weighted by Crippen LogP contribution is -1.77. The summed E-state index contributed by atoms with van der Waals surface area (Å²) in [5.74, 6) is 0. The third kappa shape index (κ3) is 1.14. The standard InChI is InChI=1S/C16H11N/c1-2-5-13-11(4-1)10-12-7-8-15-14(16(12)13)6-3-9-17-15/h1-10,17H. The Labute approximate surface area is 98.7 Å². The maximum absolute atomic E-state index is 3.30. The van der Waals surface area contributed by atoms with Crippen molar-refractivity contribution in [3.05, 3.63) is 60.8 Å². The van der Waals surface area contributed by atoms with E-state index in [-0.39, 0.29) is 0 Å². The minimum atomic E-state index is 1.19. The van der Waals surface area contributed by atoms with Gasteiger partial charge in [-0.2, -0.15) is 0 Å². The van der Waals surface area contributed by atoms with Gasteiger partial charge in [-0.3, -0.25) is 0 Å². The van der Waals surface area contributed by atoms with Crippen molar-refractivity contribution in [1.82, 2.24) is 4.98 Å². The minimum absolute atomic E-state index is 1.19. The van der Waals surface area contributed by atoms with E-state index < -0.39 is 0 Å². The Morgan fingerprint density at radius 2 is 1.59 bits per heavy atom. The summed E-state index contributed by atoms with van der Waals surface area (Å²) in [4.78, 5) is 3.30. The van der Waals surface area contributed by atoms with E-state index in [2.05, 4.69) is 59.6 Å². The van der Waals surface area contributed by atoms with Crippen LogP contribution >= 0.6 is 0 Å². The highest BCUT2D eigenvalue weighted by Crippen LogP contribution is 2.33. The summed E-state index contributed by atoms with van der Waals surface area (Å²) < 4.78 is 0. The molecule has 0 bridgehead atoms. The topological polar surface area (TPSA) is 15.8 Å². The Kier molecular flexibility index (Phi) is 1.61. The van der Waals surface area contributed by atoms with Crippen LogP contribution in [-0.2, 0) is 0 Å². The van der Waals surface area contributed by atoms with E-state index in [1.807, 2.05) is 6.20 Å². The molecule has 80 valence electrons. The fraction of sp³-hybridized carbons (Fsp3) is 0. The van der Waals surface area contributed by atoms with E-state index in [4.69, 9.17) is 0 Å². The zero-order chi connectivity index (χ0) is 11.2. The van der Waals surface area contributed by atoms with E-state index in [1.54, 1.807) is 0 Å². The quantitative estimate of drug-likeness (QED) is 0.447. The molecule has 0 spiro atoms. The molecule has 1 aromatic heterocycles. The number of aromatic amines is 1. The van der Waals surface area contributed by atoms with Crippen LogP contribution in [0, 0.1) is 0 Å². The fourth-order valence-corrected chi connectivity index (χ4v) is 2.66. The molecule has 1 nitrogen and oxygen atoms in total. The Hall–Kier alpha value is -2.28. The first kappa shape index (κ1) is 8.82. The Morgan fingerprint density at radius 3 is 2.59 bits per heavy atom. The molecule has 0 aliphatic carbocycles. The largest absolute Gasteiger partial charge is 0.361 e. The van der Waals surface area contributed by atoms with Gasteiger partial charge in [-0.25, -0.2) is 0 Å². The predicted octanol–water partition coefficient (Wildman–Crippen LogP) is 4.47. The number of aromatic nitrogens is 1. The van der Waals surface area contributed by atoms with Crippen molar-refractivity contribution >= 4 is 32.4 Å². The fourth-order valence-electron chi connectivity index (χ4n) is 2.66. The van der Waals surface area contributed by atoms with Crippen molar-refractivity contribution in [1.29, 1.82) is 0 Å². The summed E-state index contributed by atoms with van der Waals surface area (Å²) in [6, 6.07) is 19.4. The normalized spacial score (nSPS) is 11.5. The number of benzene rings is 2. The van der Waals surface area contributed by atoms with Gasteiger partial charge >= 0.3 is 0 Å². The number of nitrogens with one attached hydrogen (secondary N) is 1. The molecule has 1 N–H and O–H groups in total. The van der Waals surface area contributed by atoms with Crippen LogP contribution in [0.25, 0.3) is 32.4 Å². The first-order chi connectivity index (χ1) is 8.43. The molecule has 0 aliphatic rings. The van der Waals surface area contributed by atoms with E-state index in [1.165, 1.54) is 32.4 Å². The first-order valence-electron chi connectivity index (χ1n) is 5.81. The maximum atomic E-state index is 3.30. The lowest BCUT2D eigenvalue weighted by Gasteiger charge is -2.00. The highest BCUT2D eigenvalue weighted by molar-refractivity contribution is 6.22. The highest BCUT2D eigenvalue weighted by atomic mass is 14.6. The van der Waals surface area contributed by atoms with Crippen molar-refractivity contribution in [2.75, 3.05) is 0 Å². The molecule has 4 aromatic rings. The monoisotopic (exact) mass is 217 g/mol. The molecule has 0 saturated carbocycles. The van der Waals surface area contributed by atoms with Crippen LogP contribution in [0.1, 0.15) is 0 Å². The van der Waals surface area contributed by atoms with Crippen LogP contribution < -0.4 is 0 Å². The molecular formula is C16H11N. The maximum Gasteiger partial charge on any atom is 0.0460 e. The Morgan fingerprint density at radius 1 is 0.706 bits per heavy atom.